The van der Waals surface area contributed by atoms with Crippen LogP contribution in [0.25, 0.3) is 11.1 Å². The minimum absolute atomic E-state index is 0.793. The number of hydrogen-bond donors (Lipinski definition) is 1. The Balaban J connectivity index is 2.34. The molecule has 106 valence electrons. The third-order valence-electron chi connectivity index (χ3n) is 3.46. The number of hydrogen-bond acceptors (Lipinski definition) is 1. The van der Waals surface area contributed by atoms with E-state index in [2.05, 4.69) is 55.6 Å². The van der Waals surface area contributed by atoms with Crippen LogP contribution in [-0.4, -0.2) is 6.54 Å². The Hall–Kier alpha value is -1.31. The molecule has 0 saturated carbocycles. The molecule has 0 amide bonds. The van der Waals surface area contributed by atoms with Gasteiger partial charge < -0.3 is 5.32 Å². The van der Waals surface area contributed by atoms with Crippen molar-refractivity contribution in [2.75, 3.05) is 6.54 Å². The first-order valence-corrected chi connectivity index (χ1v) is 7.70. The summed E-state index contributed by atoms with van der Waals surface area (Å²) >= 11 is 6.18. The largest absolute Gasteiger partial charge is 0.313 e. The summed E-state index contributed by atoms with van der Waals surface area (Å²) in [5.74, 6) is 0. The first kappa shape index (κ1) is 15.1. The summed E-state index contributed by atoms with van der Waals surface area (Å²) in [6.45, 7) is 6.29. The maximum Gasteiger partial charge on any atom is 0.0412 e. The van der Waals surface area contributed by atoms with Crippen LogP contribution in [0.2, 0.25) is 5.02 Å². The molecule has 0 atom stereocenters. The van der Waals surface area contributed by atoms with E-state index < -0.39 is 0 Å². The van der Waals surface area contributed by atoms with Gasteiger partial charge in [0.15, 0.2) is 0 Å². The van der Waals surface area contributed by atoms with Crippen molar-refractivity contribution in [3.8, 4) is 11.1 Å². The van der Waals surface area contributed by atoms with Gasteiger partial charge in [-0.3, -0.25) is 0 Å². The Morgan fingerprint density at radius 1 is 1.05 bits per heavy atom. The monoisotopic (exact) mass is 287 g/mol. The highest BCUT2D eigenvalue weighted by Gasteiger charge is 2.06. The molecule has 0 aliphatic rings. The van der Waals surface area contributed by atoms with Gasteiger partial charge in [0.05, 0.1) is 0 Å². The van der Waals surface area contributed by atoms with E-state index in [1.54, 1.807) is 0 Å². The second-order valence-corrected chi connectivity index (χ2v) is 5.47. The number of aryl methyl sites for hydroxylation is 1. The molecule has 2 aromatic carbocycles. The fourth-order valence-corrected chi connectivity index (χ4v) is 2.50. The number of rotatable bonds is 6. The molecular formula is C18H22ClN. The fourth-order valence-electron chi connectivity index (χ4n) is 2.33. The lowest BCUT2D eigenvalue weighted by molar-refractivity contribution is 0.676. The average molecular weight is 288 g/mol. The van der Waals surface area contributed by atoms with Crippen molar-refractivity contribution in [1.82, 2.24) is 5.32 Å². The smallest absolute Gasteiger partial charge is 0.0412 e. The molecule has 2 rings (SSSR count). The zero-order valence-electron chi connectivity index (χ0n) is 12.2. The topological polar surface area (TPSA) is 12.0 Å². The van der Waals surface area contributed by atoms with E-state index in [1.807, 2.05) is 6.07 Å². The molecule has 0 aliphatic carbocycles. The summed E-state index contributed by atoms with van der Waals surface area (Å²) in [6.07, 6.45) is 2.20. The van der Waals surface area contributed by atoms with E-state index in [-0.39, 0.29) is 0 Å². The van der Waals surface area contributed by atoms with E-state index in [9.17, 15) is 0 Å². The first-order valence-electron chi connectivity index (χ1n) is 7.33. The predicted molar refractivity (Wildman–Crippen MR) is 88.3 cm³/mol. The lowest BCUT2D eigenvalue weighted by Gasteiger charge is -2.12. The standard InChI is InChI=1S/C18H22ClN/c1-3-10-20-13-16-8-9-17(19)12-18(16)15-7-5-6-14(4-2)11-15/h5-9,11-12,20H,3-4,10,13H2,1-2H3. The Morgan fingerprint density at radius 3 is 2.65 bits per heavy atom. The van der Waals surface area contributed by atoms with E-state index in [0.717, 1.165) is 31.0 Å². The summed E-state index contributed by atoms with van der Waals surface area (Å²) in [5, 5.41) is 4.26. The summed E-state index contributed by atoms with van der Waals surface area (Å²) < 4.78 is 0. The third-order valence-corrected chi connectivity index (χ3v) is 3.70. The van der Waals surface area contributed by atoms with Crippen molar-refractivity contribution in [2.24, 2.45) is 0 Å². The molecule has 0 unspecified atom stereocenters. The van der Waals surface area contributed by atoms with Crippen LogP contribution in [0.4, 0.5) is 0 Å². The predicted octanol–water partition coefficient (Wildman–Crippen LogP) is 5.07. The van der Waals surface area contributed by atoms with Gasteiger partial charge >= 0.3 is 0 Å². The maximum absolute atomic E-state index is 6.18. The molecule has 0 bridgehead atoms. The van der Waals surface area contributed by atoms with Crippen molar-refractivity contribution < 1.29 is 0 Å². The van der Waals surface area contributed by atoms with Crippen LogP contribution in [0.1, 0.15) is 31.4 Å². The van der Waals surface area contributed by atoms with Crippen LogP contribution in [0, 0.1) is 0 Å². The molecule has 20 heavy (non-hydrogen) atoms. The average Bonchev–Trinajstić information content (AvgIpc) is 2.49. The van der Waals surface area contributed by atoms with Crippen LogP contribution < -0.4 is 5.32 Å². The summed E-state index contributed by atoms with van der Waals surface area (Å²) in [7, 11) is 0. The molecule has 0 saturated heterocycles. The SMILES string of the molecule is CCCNCc1ccc(Cl)cc1-c1cccc(CC)c1. The molecule has 1 N–H and O–H groups in total. The van der Waals surface area contributed by atoms with Crippen molar-refractivity contribution in [1.29, 1.82) is 0 Å². The molecule has 0 aromatic heterocycles. The molecule has 2 heteroatoms. The molecule has 0 fully saturated rings. The highest BCUT2D eigenvalue weighted by atomic mass is 35.5. The zero-order valence-corrected chi connectivity index (χ0v) is 13.0. The fraction of sp³-hybridized carbons (Fsp3) is 0.333. The highest BCUT2D eigenvalue weighted by Crippen LogP contribution is 2.28. The van der Waals surface area contributed by atoms with Crippen molar-refractivity contribution in [3.63, 3.8) is 0 Å². The van der Waals surface area contributed by atoms with Crippen LogP contribution >= 0.6 is 11.6 Å². The molecular weight excluding hydrogens is 266 g/mol. The Labute approximate surface area is 127 Å². The zero-order chi connectivity index (χ0) is 14.4. The van der Waals surface area contributed by atoms with Gasteiger partial charge in [-0.05, 0) is 53.8 Å². The lowest BCUT2D eigenvalue weighted by atomic mass is 9.97. The van der Waals surface area contributed by atoms with Gasteiger partial charge in [0.25, 0.3) is 0 Å². The van der Waals surface area contributed by atoms with E-state index in [0.29, 0.717) is 0 Å². The Bertz CT molecular complexity index is 563. The molecule has 1 nitrogen and oxygen atoms in total. The molecule has 0 radical (unpaired) electrons. The minimum atomic E-state index is 0.793. The third kappa shape index (κ3) is 3.84. The van der Waals surface area contributed by atoms with Crippen molar-refractivity contribution >= 4 is 11.6 Å². The molecule has 0 spiro atoms. The molecule has 2 aromatic rings. The number of halogens is 1. The van der Waals surface area contributed by atoms with E-state index >= 15 is 0 Å². The van der Waals surface area contributed by atoms with Crippen LogP contribution in [0.3, 0.4) is 0 Å². The number of nitrogens with one attached hydrogen (secondary N) is 1. The summed E-state index contributed by atoms with van der Waals surface area (Å²) in [4.78, 5) is 0. The quantitative estimate of drug-likeness (QED) is 0.732. The second-order valence-electron chi connectivity index (χ2n) is 5.03. The normalized spacial score (nSPS) is 10.8. The summed E-state index contributed by atoms with van der Waals surface area (Å²) in [6, 6.07) is 14.9. The first-order chi connectivity index (χ1) is 9.74. The molecule has 0 aliphatic heterocycles. The van der Waals surface area contributed by atoms with Gasteiger partial charge in [-0.1, -0.05) is 55.8 Å². The number of benzene rings is 2. The second kappa shape index (κ2) is 7.47. The molecule has 0 heterocycles. The Kier molecular flexibility index (Phi) is 5.63. The van der Waals surface area contributed by atoms with Crippen LogP contribution in [0.5, 0.6) is 0 Å². The van der Waals surface area contributed by atoms with Gasteiger partial charge in [-0.2, -0.15) is 0 Å². The van der Waals surface area contributed by atoms with Crippen LogP contribution in [0.15, 0.2) is 42.5 Å². The van der Waals surface area contributed by atoms with Gasteiger partial charge in [-0.25, -0.2) is 0 Å². The maximum atomic E-state index is 6.18. The van der Waals surface area contributed by atoms with Gasteiger partial charge in [-0.15, -0.1) is 0 Å². The highest BCUT2D eigenvalue weighted by molar-refractivity contribution is 6.30. The van der Waals surface area contributed by atoms with Crippen molar-refractivity contribution in [2.45, 2.75) is 33.2 Å². The van der Waals surface area contributed by atoms with Gasteiger partial charge in [0, 0.05) is 11.6 Å². The van der Waals surface area contributed by atoms with Gasteiger partial charge in [0.2, 0.25) is 0 Å². The Morgan fingerprint density at radius 2 is 1.90 bits per heavy atom. The van der Waals surface area contributed by atoms with E-state index in [1.165, 1.54) is 22.3 Å². The van der Waals surface area contributed by atoms with Crippen LogP contribution in [-0.2, 0) is 13.0 Å². The van der Waals surface area contributed by atoms with Gasteiger partial charge in [0.1, 0.15) is 0 Å². The minimum Gasteiger partial charge on any atom is -0.313 e. The lowest BCUT2D eigenvalue weighted by Crippen LogP contribution is -2.14. The van der Waals surface area contributed by atoms with Crippen molar-refractivity contribution in [3.05, 3.63) is 58.6 Å². The summed E-state index contributed by atoms with van der Waals surface area (Å²) in [5.41, 5.74) is 5.14. The van der Waals surface area contributed by atoms with E-state index in [4.69, 9.17) is 11.6 Å².